The minimum atomic E-state index is -0.0703. The largest absolute Gasteiger partial charge is 0.349 e. The number of halogens is 2. The van der Waals surface area contributed by atoms with Crippen LogP contribution in [0, 0.1) is 0 Å². The first-order chi connectivity index (χ1) is 14.0. The molecule has 0 spiro atoms. The molecule has 0 atom stereocenters. The van der Waals surface area contributed by atoms with E-state index in [0.717, 1.165) is 31.2 Å². The number of carbonyl (C=O) groups is 2. The standard InChI is InChI=1S/C23H22Cl2N2O2/c24-20-2-1-3-21(25)19(20)12-13-22(28)27(18-10-11-18)14-15-4-6-16(7-5-15)23(29)26-17-8-9-17/h1-7,12-13,17-18H,8-11,14H2,(H,26,29)/b13-12+. The molecule has 0 aliphatic heterocycles. The Labute approximate surface area is 180 Å². The second-order valence-corrected chi connectivity index (χ2v) is 8.43. The summed E-state index contributed by atoms with van der Waals surface area (Å²) in [6, 6.07) is 13.3. The van der Waals surface area contributed by atoms with Crippen LogP contribution >= 0.6 is 23.2 Å². The van der Waals surface area contributed by atoms with Gasteiger partial charge in [-0.3, -0.25) is 9.59 Å². The average Bonchev–Trinajstić information content (AvgIpc) is 3.61. The summed E-state index contributed by atoms with van der Waals surface area (Å²) in [5.74, 6) is -0.104. The quantitative estimate of drug-likeness (QED) is 0.624. The Morgan fingerprint density at radius 3 is 2.24 bits per heavy atom. The summed E-state index contributed by atoms with van der Waals surface area (Å²) in [4.78, 5) is 26.8. The van der Waals surface area contributed by atoms with Crippen LogP contribution in [0.3, 0.4) is 0 Å². The van der Waals surface area contributed by atoms with Gasteiger partial charge < -0.3 is 10.2 Å². The molecule has 29 heavy (non-hydrogen) atoms. The van der Waals surface area contributed by atoms with Crippen molar-refractivity contribution >= 4 is 41.1 Å². The highest BCUT2D eigenvalue weighted by Crippen LogP contribution is 2.30. The number of hydrogen-bond donors (Lipinski definition) is 1. The predicted octanol–water partition coefficient (Wildman–Crippen LogP) is 5.09. The maximum Gasteiger partial charge on any atom is 0.251 e. The van der Waals surface area contributed by atoms with E-state index in [0.29, 0.717) is 33.8 Å². The molecule has 2 amide bonds. The third kappa shape index (κ3) is 5.20. The van der Waals surface area contributed by atoms with E-state index in [2.05, 4.69) is 5.32 Å². The van der Waals surface area contributed by atoms with E-state index in [9.17, 15) is 9.59 Å². The second-order valence-electron chi connectivity index (χ2n) is 7.61. The summed E-state index contributed by atoms with van der Waals surface area (Å²) in [5.41, 5.74) is 2.29. The molecule has 2 aliphatic carbocycles. The van der Waals surface area contributed by atoms with Gasteiger partial charge in [-0.2, -0.15) is 0 Å². The second kappa shape index (κ2) is 8.60. The van der Waals surface area contributed by atoms with Crippen LogP contribution in [0.1, 0.15) is 47.2 Å². The van der Waals surface area contributed by atoms with Gasteiger partial charge in [-0.05, 0) is 61.6 Å². The fourth-order valence-electron chi connectivity index (χ4n) is 3.15. The van der Waals surface area contributed by atoms with Crippen molar-refractivity contribution in [3.05, 3.63) is 75.3 Å². The van der Waals surface area contributed by atoms with Crippen molar-refractivity contribution in [1.82, 2.24) is 10.2 Å². The van der Waals surface area contributed by atoms with Crippen molar-refractivity contribution in [2.24, 2.45) is 0 Å². The minimum absolute atomic E-state index is 0.0336. The van der Waals surface area contributed by atoms with Crippen LogP contribution < -0.4 is 5.32 Å². The lowest BCUT2D eigenvalue weighted by atomic mass is 10.1. The van der Waals surface area contributed by atoms with E-state index in [4.69, 9.17) is 23.2 Å². The number of hydrogen-bond acceptors (Lipinski definition) is 2. The minimum Gasteiger partial charge on any atom is -0.349 e. The zero-order chi connectivity index (χ0) is 20.4. The van der Waals surface area contributed by atoms with Crippen LogP contribution in [-0.2, 0) is 11.3 Å². The molecule has 4 rings (SSSR count). The summed E-state index contributed by atoms with van der Waals surface area (Å²) in [6.07, 6.45) is 7.35. The Balaban J connectivity index is 1.43. The van der Waals surface area contributed by atoms with Crippen molar-refractivity contribution in [2.75, 3.05) is 0 Å². The summed E-state index contributed by atoms with van der Waals surface area (Å²) in [5, 5.41) is 4.01. The highest BCUT2D eigenvalue weighted by molar-refractivity contribution is 6.37. The molecule has 0 aromatic heterocycles. The number of amides is 2. The zero-order valence-electron chi connectivity index (χ0n) is 15.9. The van der Waals surface area contributed by atoms with Crippen LogP contribution in [0.2, 0.25) is 10.0 Å². The molecular formula is C23H22Cl2N2O2. The Morgan fingerprint density at radius 1 is 1.00 bits per heavy atom. The molecular weight excluding hydrogens is 407 g/mol. The molecule has 2 aromatic rings. The lowest BCUT2D eigenvalue weighted by molar-refractivity contribution is -0.127. The molecule has 1 N–H and O–H groups in total. The molecule has 0 saturated heterocycles. The smallest absolute Gasteiger partial charge is 0.251 e. The Kier molecular flexibility index (Phi) is 5.93. The van der Waals surface area contributed by atoms with Crippen LogP contribution in [-0.4, -0.2) is 28.8 Å². The lowest BCUT2D eigenvalue weighted by Crippen LogP contribution is -2.31. The fourth-order valence-corrected chi connectivity index (χ4v) is 3.67. The summed E-state index contributed by atoms with van der Waals surface area (Å²) >= 11 is 12.4. The third-order valence-corrected chi connectivity index (χ3v) is 5.80. The Hall–Kier alpha value is -2.30. The molecule has 4 nitrogen and oxygen atoms in total. The maximum atomic E-state index is 12.8. The molecule has 0 bridgehead atoms. The number of nitrogens with one attached hydrogen (secondary N) is 1. The van der Waals surface area contributed by atoms with Gasteiger partial charge in [0.1, 0.15) is 0 Å². The maximum absolute atomic E-state index is 12.8. The van der Waals surface area contributed by atoms with Gasteiger partial charge >= 0.3 is 0 Å². The summed E-state index contributed by atoms with van der Waals surface area (Å²) < 4.78 is 0. The third-order valence-electron chi connectivity index (χ3n) is 5.14. The van der Waals surface area contributed by atoms with Crippen molar-refractivity contribution in [3.63, 3.8) is 0 Å². The highest BCUT2D eigenvalue weighted by Gasteiger charge is 2.31. The van der Waals surface area contributed by atoms with Gasteiger partial charge in [-0.15, -0.1) is 0 Å². The molecule has 2 fully saturated rings. The number of rotatable bonds is 7. The monoisotopic (exact) mass is 428 g/mol. The number of carbonyl (C=O) groups excluding carboxylic acids is 2. The van der Waals surface area contributed by atoms with Gasteiger partial charge in [0.15, 0.2) is 0 Å². The van der Waals surface area contributed by atoms with Crippen LogP contribution in [0.4, 0.5) is 0 Å². The van der Waals surface area contributed by atoms with Gasteiger partial charge in [-0.1, -0.05) is 41.4 Å². The van der Waals surface area contributed by atoms with E-state index < -0.39 is 0 Å². The molecule has 0 heterocycles. The van der Waals surface area contributed by atoms with E-state index in [-0.39, 0.29) is 17.9 Å². The first-order valence-electron chi connectivity index (χ1n) is 9.84. The van der Waals surface area contributed by atoms with Crippen molar-refractivity contribution in [1.29, 1.82) is 0 Å². The molecule has 6 heteroatoms. The molecule has 2 saturated carbocycles. The zero-order valence-corrected chi connectivity index (χ0v) is 17.4. The van der Waals surface area contributed by atoms with E-state index in [1.165, 1.54) is 6.08 Å². The molecule has 2 aliphatic rings. The first kappa shape index (κ1) is 20.0. The van der Waals surface area contributed by atoms with Gasteiger partial charge in [0.05, 0.1) is 0 Å². The summed E-state index contributed by atoms with van der Waals surface area (Å²) in [7, 11) is 0. The van der Waals surface area contributed by atoms with Crippen molar-refractivity contribution in [2.45, 2.75) is 44.3 Å². The Bertz CT molecular complexity index is 928. The van der Waals surface area contributed by atoms with Crippen LogP contribution in [0.25, 0.3) is 6.08 Å². The Morgan fingerprint density at radius 2 is 1.66 bits per heavy atom. The molecule has 0 unspecified atom stereocenters. The van der Waals surface area contributed by atoms with E-state index >= 15 is 0 Å². The highest BCUT2D eigenvalue weighted by atomic mass is 35.5. The van der Waals surface area contributed by atoms with E-state index in [1.54, 1.807) is 24.3 Å². The predicted molar refractivity (Wildman–Crippen MR) is 116 cm³/mol. The van der Waals surface area contributed by atoms with Gasteiger partial charge in [0.2, 0.25) is 5.91 Å². The van der Waals surface area contributed by atoms with Crippen LogP contribution in [0.5, 0.6) is 0 Å². The fraction of sp³-hybridized carbons (Fsp3) is 0.304. The van der Waals surface area contributed by atoms with E-state index in [1.807, 2.05) is 29.2 Å². The average molecular weight is 429 g/mol. The number of benzene rings is 2. The molecule has 2 aromatic carbocycles. The van der Waals surface area contributed by atoms with Crippen molar-refractivity contribution in [3.8, 4) is 0 Å². The first-order valence-corrected chi connectivity index (χ1v) is 10.6. The normalized spacial score (nSPS) is 16.1. The molecule has 150 valence electrons. The lowest BCUT2D eigenvalue weighted by Gasteiger charge is -2.21. The van der Waals surface area contributed by atoms with Crippen molar-refractivity contribution < 1.29 is 9.59 Å². The number of nitrogens with zero attached hydrogens (tertiary/aromatic N) is 1. The van der Waals surface area contributed by atoms with Gasteiger partial charge in [-0.25, -0.2) is 0 Å². The van der Waals surface area contributed by atoms with Crippen LogP contribution in [0.15, 0.2) is 48.5 Å². The van der Waals surface area contributed by atoms with Gasteiger partial charge in [0.25, 0.3) is 5.91 Å². The molecule has 0 radical (unpaired) electrons. The summed E-state index contributed by atoms with van der Waals surface area (Å²) in [6.45, 7) is 0.509. The topological polar surface area (TPSA) is 49.4 Å². The van der Waals surface area contributed by atoms with Gasteiger partial charge in [0, 0.05) is 45.9 Å². The SMILES string of the molecule is O=C(NC1CC1)c1ccc(CN(C(=O)/C=C/c2c(Cl)cccc2Cl)C2CC2)cc1.